The number of phenolic OH excluding ortho intramolecular Hbond substituents is 1. The summed E-state index contributed by atoms with van der Waals surface area (Å²) in [6, 6.07) is 0. The Morgan fingerprint density at radius 1 is 1.04 bits per heavy atom. The summed E-state index contributed by atoms with van der Waals surface area (Å²) in [5.74, 6) is -3.98. The second kappa shape index (κ2) is 13.3. The number of fused-ring (bicyclic) bond motifs is 5. The standard InChI is InChI=1S/C39H52N4O8/c1-17(2)31(44)21(7)32(45)19(5)11-10-12-20(6)37(49)41-30-29-28(42-39(43-29)23-13-14-24(39)16-40-15-23)25-26(34(30)47)33(46)22(8)35-27(25)36(48)38(9,51-35)50-18(3)4/h10-12,17-19,21,23-24,31-32,40,43-46H,13-16H2,1-9H3,(H,41,49)/b11-10+,20-12-/t19-,21-,23?,24?,31-,32-,38-,39?/m0/s1. The Morgan fingerprint density at radius 3 is 2.29 bits per heavy atom. The maximum absolute atomic E-state index is 14.5. The van der Waals surface area contributed by atoms with Crippen molar-refractivity contribution in [1.29, 1.82) is 0 Å². The van der Waals surface area contributed by atoms with Gasteiger partial charge in [-0.3, -0.25) is 19.4 Å². The molecule has 7 atom stereocenters. The normalized spacial score (nSPS) is 29.2. The van der Waals surface area contributed by atoms with Gasteiger partial charge < -0.3 is 40.7 Å². The molecule has 276 valence electrons. The minimum Gasteiger partial charge on any atom is -0.507 e. The lowest BCUT2D eigenvalue weighted by Crippen LogP contribution is -2.57. The molecule has 6 rings (SSSR count). The average molecular weight is 705 g/mol. The van der Waals surface area contributed by atoms with Crippen LogP contribution in [-0.4, -0.2) is 81.4 Å². The quantitative estimate of drug-likeness (QED) is 0.155. The van der Waals surface area contributed by atoms with Crippen LogP contribution in [0.3, 0.4) is 0 Å². The van der Waals surface area contributed by atoms with E-state index >= 15 is 0 Å². The highest BCUT2D eigenvalue weighted by Gasteiger charge is 2.59. The Labute approximate surface area is 299 Å². The van der Waals surface area contributed by atoms with Crippen LogP contribution >= 0.6 is 0 Å². The van der Waals surface area contributed by atoms with Gasteiger partial charge in [-0.2, -0.15) is 0 Å². The van der Waals surface area contributed by atoms with Crippen molar-refractivity contribution < 1.29 is 39.2 Å². The third-order valence-corrected chi connectivity index (χ3v) is 11.4. The summed E-state index contributed by atoms with van der Waals surface area (Å²) in [6.07, 6.45) is 5.07. The summed E-state index contributed by atoms with van der Waals surface area (Å²) in [6.45, 7) is 17.2. The van der Waals surface area contributed by atoms with Gasteiger partial charge in [-0.05, 0) is 46.5 Å². The Kier molecular flexibility index (Phi) is 9.63. The van der Waals surface area contributed by atoms with E-state index in [-0.39, 0.29) is 75.1 Å². The highest BCUT2D eigenvalue weighted by molar-refractivity contribution is 6.34. The van der Waals surface area contributed by atoms with Gasteiger partial charge in [0.25, 0.3) is 11.7 Å². The molecule has 5 aliphatic rings. The molecule has 1 spiro atoms. The number of piperidine rings is 1. The molecular weight excluding hydrogens is 652 g/mol. The van der Waals surface area contributed by atoms with Gasteiger partial charge in [0.15, 0.2) is 0 Å². The van der Waals surface area contributed by atoms with Crippen molar-refractivity contribution in [3.8, 4) is 11.5 Å². The van der Waals surface area contributed by atoms with Crippen LogP contribution in [0, 0.1) is 36.5 Å². The van der Waals surface area contributed by atoms with Gasteiger partial charge in [0.1, 0.15) is 22.9 Å². The van der Waals surface area contributed by atoms with Crippen molar-refractivity contribution in [2.75, 3.05) is 13.1 Å². The summed E-state index contributed by atoms with van der Waals surface area (Å²) in [5, 5.41) is 42.7. The molecule has 51 heavy (non-hydrogen) atoms. The highest BCUT2D eigenvalue weighted by atomic mass is 16.7. The van der Waals surface area contributed by atoms with Gasteiger partial charge in [0.05, 0.1) is 40.8 Å². The Hall–Kier alpha value is -3.84. The number of benzene rings is 1. The predicted molar refractivity (Wildman–Crippen MR) is 191 cm³/mol. The predicted octanol–water partition coefficient (Wildman–Crippen LogP) is 3.81. The SMILES string of the molecule is C/C(=C/C=C/[C@H](C)[C@H](O)[C@@H](C)[C@@H](O)C(C)C)C(=O)NC1=C2NC3(N=C2c2c(c(O)c(C)c4c2C(=O)[C@@](C)(OC(C)C)O4)C1=O)C1CCC3CNC1. The first kappa shape index (κ1) is 36.9. The molecule has 3 heterocycles. The maximum atomic E-state index is 14.5. The lowest BCUT2D eigenvalue weighted by Gasteiger charge is -2.39. The first-order valence-corrected chi connectivity index (χ1v) is 18.2. The average Bonchev–Trinajstić information content (AvgIpc) is 3.61. The first-order chi connectivity index (χ1) is 23.9. The number of nitrogens with zero attached hydrogens (tertiary/aromatic N) is 1. The summed E-state index contributed by atoms with van der Waals surface area (Å²) in [5.41, 5.74) is 0.547. The molecule has 1 amide bonds. The van der Waals surface area contributed by atoms with Gasteiger partial charge in [-0.25, -0.2) is 0 Å². The number of Topliss-reactive ketones (excluding diaryl/α,β-unsaturated/α-hetero) is 2. The fraction of sp³-hybridized carbons (Fsp3) is 0.590. The molecule has 1 aromatic carbocycles. The molecule has 1 saturated carbocycles. The van der Waals surface area contributed by atoms with Crippen molar-refractivity contribution in [1.82, 2.24) is 16.0 Å². The molecule has 2 fully saturated rings. The molecule has 1 aromatic rings. The van der Waals surface area contributed by atoms with Crippen molar-refractivity contribution in [2.24, 2.45) is 34.6 Å². The van der Waals surface area contributed by atoms with E-state index < -0.39 is 41.1 Å². The smallest absolute Gasteiger partial charge is 0.272 e. The van der Waals surface area contributed by atoms with E-state index in [2.05, 4.69) is 16.0 Å². The summed E-state index contributed by atoms with van der Waals surface area (Å²) in [7, 11) is 0. The zero-order valence-corrected chi connectivity index (χ0v) is 31.0. The number of ether oxygens (including phenoxy) is 2. The van der Waals surface area contributed by atoms with Crippen LogP contribution < -0.4 is 20.7 Å². The van der Waals surface area contributed by atoms with Crippen molar-refractivity contribution in [3.05, 3.63) is 57.4 Å². The number of hydrogen-bond acceptors (Lipinski definition) is 11. The molecular formula is C39H52N4O8. The summed E-state index contributed by atoms with van der Waals surface area (Å²) in [4.78, 5) is 47.7. The number of carbonyl (C=O) groups is 3. The van der Waals surface area contributed by atoms with Crippen LogP contribution in [0.15, 0.2) is 40.2 Å². The van der Waals surface area contributed by atoms with E-state index in [9.17, 15) is 29.7 Å². The molecule has 12 nitrogen and oxygen atoms in total. The van der Waals surface area contributed by atoms with E-state index in [4.69, 9.17) is 14.5 Å². The van der Waals surface area contributed by atoms with Crippen LogP contribution in [0.5, 0.6) is 11.5 Å². The number of nitrogens with one attached hydrogen (secondary N) is 3. The minimum atomic E-state index is -1.67. The Morgan fingerprint density at radius 2 is 1.69 bits per heavy atom. The number of rotatable bonds is 10. The van der Waals surface area contributed by atoms with Crippen molar-refractivity contribution in [2.45, 2.75) is 105 Å². The minimum absolute atomic E-state index is 0.000829. The summed E-state index contributed by atoms with van der Waals surface area (Å²) < 4.78 is 12.1. The Bertz CT molecular complexity index is 1770. The molecule has 3 aliphatic heterocycles. The third-order valence-electron chi connectivity index (χ3n) is 11.4. The number of aromatic hydroxyl groups is 1. The molecule has 1 saturated heterocycles. The number of aliphatic imine (C=N–C) groups is 1. The number of hydrogen-bond donors (Lipinski definition) is 6. The van der Waals surface area contributed by atoms with E-state index in [1.165, 1.54) is 6.92 Å². The third kappa shape index (κ3) is 5.93. The van der Waals surface area contributed by atoms with E-state index in [0.29, 0.717) is 30.1 Å². The van der Waals surface area contributed by atoms with Crippen LogP contribution in [0.1, 0.15) is 100 Å². The number of ketones is 2. The van der Waals surface area contributed by atoms with E-state index in [1.54, 1.807) is 45.9 Å². The molecule has 6 N–H and O–H groups in total. The van der Waals surface area contributed by atoms with Crippen molar-refractivity contribution in [3.63, 3.8) is 0 Å². The number of allylic oxidation sites excluding steroid dienone is 4. The Balaban J connectivity index is 1.38. The topological polar surface area (TPSA) is 179 Å². The molecule has 2 unspecified atom stereocenters. The van der Waals surface area contributed by atoms with E-state index in [0.717, 1.165) is 12.8 Å². The molecule has 0 aromatic heterocycles. The molecule has 0 radical (unpaired) electrons. The van der Waals surface area contributed by atoms with Gasteiger partial charge >= 0.3 is 0 Å². The van der Waals surface area contributed by atoms with Crippen LogP contribution in [0.2, 0.25) is 0 Å². The monoisotopic (exact) mass is 704 g/mol. The zero-order chi connectivity index (χ0) is 37.3. The summed E-state index contributed by atoms with van der Waals surface area (Å²) >= 11 is 0. The van der Waals surface area contributed by atoms with Gasteiger partial charge in [-0.1, -0.05) is 45.9 Å². The highest BCUT2D eigenvalue weighted by Crippen LogP contribution is 2.53. The second-order valence-corrected chi connectivity index (χ2v) is 15.7. The largest absolute Gasteiger partial charge is 0.507 e. The number of aliphatic hydroxyl groups is 2. The zero-order valence-electron chi connectivity index (χ0n) is 31.0. The first-order valence-electron chi connectivity index (χ1n) is 18.2. The fourth-order valence-corrected chi connectivity index (χ4v) is 8.46. The van der Waals surface area contributed by atoms with Crippen LogP contribution in [-0.2, 0) is 9.53 Å². The van der Waals surface area contributed by atoms with E-state index in [1.807, 2.05) is 27.7 Å². The van der Waals surface area contributed by atoms with Crippen LogP contribution in [0.4, 0.5) is 0 Å². The lowest BCUT2D eigenvalue weighted by molar-refractivity contribution is -0.150. The molecule has 12 heteroatoms. The lowest BCUT2D eigenvalue weighted by atomic mass is 9.82. The number of carbonyl (C=O) groups excluding carboxylic acids is 3. The van der Waals surface area contributed by atoms with Crippen LogP contribution in [0.25, 0.3) is 0 Å². The second-order valence-electron chi connectivity index (χ2n) is 15.7. The fourth-order valence-electron chi connectivity index (χ4n) is 8.46. The number of amides is 1. The van der Waals surface area contributed by atoms with Gasteiger partial charge in [0, 0.05) is 60.4 Å². The molecule has 2 aliphatic carbocycles. The molecule has 2 bridgehead atoms. The number of aliphatic hydroxyl groups excluding tert-OH is 2. The number of phenols is 1. The van der Waals surface area contributed by atoms with Gasteiger partial charge in [-0.15, -0.1) is 0 Å². The van der Waals surface area contributed by atoms with Crippen molar-refractivity contribution >= 4 is 23.2 Å². The maximum Gasteiger partial charge on any atom is 0.272 e. The van der Waals surface area contributed by atoms with Gasteiger partial charge in [0.2, 0.25) is 11.6 Å².